The van der Waals surface area contributed by atoms with Gasteiger partial charge in [-0.1, -0.05) is 23.2 Å². The van der Waals surface area contributed by atoms with Crippen LogP contribution in [0.25, 0.3) is 0 Å². The normalized spacial score (nSPS) is 10.4. The molecule has 1 heterocycles. The first-order valence-electron chi connectivity index (χ1n) is 4.38. The van der Waals surface area contributed by atoms with E-state index >= 15 is 0 Å². The van der Waals surface area contributed by atoms with E-state index in [0.29, 0.717) is 4.47 Å². The Balaban J connectivity index is 2.30. The first kappa shape index (κ1) is 12.5. The molecule has 0 aliphatic rings. The molecule has 7 heteroatoms. The van der Waals surface area contributed by atoms with Gasteiger partial charge in [-0.25, -0.2) is 4.39 Å². The number of halogens is 4. The van der Waals surface area contributed by atoms with Gasteiger partial charge in [0.05, 0.1) is 9.50 Å². The molecule has 0 radical (unpaired) electrons. The van der Waals surface area contributed by atoms with Crippen molar-refractivity contribution in [3.05, 3.63) is 44.7 Å². The van der Waals surface area contributed by atoms with Crippen molar-refractivity contribution in [3.63, 3.8) is 0 Å². The zero-order valence-electron chi connectivity index (χ0n) is 8.12. The standard InChI is InChI=1S/C10H4BrCl2FN2O/c11-5-3-6(12)7(14)4-8(5)17-10-2-1-9(13)15-16-10/h1-4H. The fourth-order valence-electron chi connectivity index (χ4n) is 1.05. The molecule has 88 valence electrons. The summed E-state index contributed by atoms with van der Waals surface area (Å²) in [6, 6.07) is 5.59. The maximum atomic E-state index is 13.2. The van der Waals surface area contributed by atoms with Crippen molar-refractivity contribution >= 4 is 39.1 Å². The number of nitrogens with zero attached hydrogens (tertiary/aromatic N) is 2. The van der Waals surface area contributed by atoms with E-state index in [1.54, 1.807) is 0 Å². The molecule has 3 nitrogen and oxygen atoms in total. The summed E-state index contributed by atoms with van der Waals surface area (Å²) in [4.78, 5) is 0. The highest BCUT2D eigenvalue weighted by molar-refractivity contribution is 9.10. The van der Waals surface area contributed by atoms with Gasteiger partial charge in [0.25, 0.3) is 0 Å². The summed E-state index contributed by atoms with van der Waals surface area (Å²) >= 11 is 14.4. The molecule has 0 N–H and O–H groups in total. The molecule has 0 bridgehead atoms. The van der Waals surface area contributed by atoms with E-state index in [1.807, 2.05) is 0 Å². The fraction of sp³-hybridized carbons (Fsp3) is 0. The van der Waals surface area contributed by atoms with Gasteiger partial charge in [-0.2, -0.15) is 0 Å². The van der Waals surface area contributed by atoms with Crippen LogP contribution in [0.2, 0.25) is 10.2 Å². The van der Waals surface area contributed by atoms with Crippen LogP contribution in [-0.4, -0.2) is 10.2 Å². The van der Waals surface area contributed by atoms with Crippen LogP contribution in [0.5, 0.6) is 11.6 Å². The minimum Gasteiger partial charge on any atom is -0.436 e. The lowest BCUT2D eigenvalue weighted by Crippen LogP contribution is -1.92. The largest absolute Gasteiger partial charge is 0.436 e. The Hall–Kier alpha value is -0.910. The summed E-state index contributed by atoms with van der Waals surface area (Å²) in [5.41, 5.74) is 0. The zero-order valence-corrected chi connectivity index (χ0v) is 11.2. The molecule has 17 heavy (non-hydrogen) atoms. The number of rotatable bonds is 2. The predicted octanol–water partition coefficient (Wildman–Crippen LogP) is 4.48. The highest BCUT2D eigenvalue weighted by Crippen LogP contribution is 2.33. The maximum Gasteiger partial charge on any atom is 0.238 e. The molecule has 0 saturated carbocycles. The number of hydrogen-bond acceptors (Lipinski definition) is 3. The number of aromatic nitrogens is 2. The number of hydrogen-bond donors (Lipinski definition) is 0. The van der Waals surface area contributed by atoms with Crippen molar-refractivity contribution in [1.29, 1.82) is 0 Å². The van der Waals surface area contributed by atoms with E-state index in [-0.39, 0.29) is 21.8 Å². The van der Waals surface area contributed by atoms with Crippen LogP contribution in [0.3, 0.4) is 0 Å². The van der Waals surface area contributed by atoms with E-state index in [9.17, 15) is 4.39 Å². The topological polar surface area (TPSA) is 35.0 Å². The Bertz CT molecular complexity index is 551. The second kappa shape index (κ2) is 5.16. The van der Waals surface area contributed by atoms with Crippen LogP contribution in [0.15, 0.2) is 28.7 Å². The van der Waals surface area contributed by atoms with Gasteiger partial charge in [0.1, 0.15) is 11.6 Å². The van der Waals surface area contributed by atoms with Crippen molar-refractivity contribution in [1.82, 2.24) is 10.2 Å². The van der Waals surface area contributed by atoms with Gasteiger partial charge in [0, 0.05) is 12.1 Å². The quantitative estimate of drug-likeness (QED) is 0.758. The summed E-state index contributed by atoms with van der Waals surface area (Å²) < 4.78 is 19.1. The van der Waals surface area contributed by atoms with Crippen molar-refractivity contribution < 1.29 is 9.13 Å². The third-order valence-corrected chi connectivity index (χ3v) is 2.91. The molecule has 0 atom stereocenters. The average molecular weight is 338 g/mol. The van der Waals surface area contributed by atoms with Crippen molar-refractivity contribution in [3.8, 4) is 11.6 Å². The van der Waals surface area contributed by atoms with Crippen LogP contribution in [0.1, 0.15) is 0 Å². The minimum atomic E-state index is -0.577. The molecule has 1 aromatic carbocycles. The van der Waals surface area contributed by atoms with Crippen molar-refractivity contribution in [2.45, 2.75) is 0 Å². The summed E-state index contributed by atoms with van der Waals surface area (Å²) in [5, 5.41) is 7.54. The molecule has 0 spiro atoms. The molecule has 0 aliphatic heterocycles. The zero-order chi connectivity index (χ0) is 12.4. The number of benzene rings is 1. The Labute approximate surface area is 115 Å². The van der Waals surface area contributed by atoms with E-state index in [0.717, 1.165) is 6.07 Å². The molecular weight excluding hydrogens is 334 g/mol. The highest BCUT2D eigenvalue weighted by Gasteiger charge is 2.09. The first-order valence-corrected chi connectivity index (χ1v) is 5.93. The third-order valence-electron chi connectivity index (χ3n) is 1.80. The van der Waals surface area contributed by atoms with Gasteiger partial charge in [0.15, 0.2) is 5.15 Å². The van der Waals surface area contributed by atoms with Crippen LogP contribution >= 0.6 is 39.1 Å². The van der Waals surface area contributed by atoms with Crippen LogP contribution in [0, 0.1) is 5.82 Å². The van der Waals surface area contributed by atoms with Gasteiger partial charge in [0.2, 0.25) is 5.88 Å². The SMILES string of the molecule is Fc1cc(Oc2ccc(Cl)nn2)c(Br)cc1Cl. The molecule has 0 fully saturated rings. The Morgan fingerprint density at radius 1 is 1.18 bits per heavy atom. The van der Waals surface area contributed by atoms with Crippen molar-refractivity contribution in [2.75, 3.05) is 0 Å². The van der Waals surface area contributed by atoms with Gasteiger partial charge in [-0.3, -0.25) is 0 Å². The van der Waals surface area contributed by atoms with E-state index in [1.165, 1.54) is 18.2 Å². The van der Waals surface area contributed by atoms with Crippen LogP contribution in [0.4, 0.5) is 4.39 Å². The monoisotopic (exact) mass is 336 g/mol. The average Bonchev–Trinajstić information content (AvgIpc) is 2.29. The molecule has 1 aromatic heterocycles. The van der Waals surface area contributed by atoms with Gasteiger partial charge < -0.3 is 4.74 Å². The summed E-state index contributed by atoms with van der Waals surface area (Å²) in [5.74, 6) is -0.118. The van der Waals surface area contributed by atoms with E-state index in [2.05, 4.69) is 26.1 Å². The molecule has 0 aliphatic carbocycles. The van der Waals surface area contributed by atoms with Gasteiger partial charge in [-0.15, -0.1) is 10.2 Å². The Morgan fingerprint density at radius 2 is 1.94 bits per heavy atom. The Kier molecular flexibility index (Phi) is 3.81. The van der Waals surface area contributed by atoms with Crippen LogP contribution < -0.4 is 4.74 Å². The first-order chi connectivity index (χ1) is 8.06. The Morgan fingerprint density at radius 3 is 2.59 bits per heavy atom. The van der Waals surface area contributed by atoms with E-state index in [4.69, 9.17) is 27.9 Å². The maximum absolute atomic E-state index is 13.2. The predicted molar refractivity (Wildman–Crippen MR) is 66.2 cm³/mol. The number of ether oxygens (including phenoxy) is 1. The lowest BCUT2D eigenvalue weighted by Gasteiger charge is -2.07. The lowest BCUT2D eigenvalue weighted by atomic mass is 10.3. The molecule has 0 unspecified atom stereocenters. The van der Waals surface area contributed by atoms with Gasteiger partial charge >= 0.3 is 0 Å². The molecule has 0 saturated heterocycles. The summed E-state index contributed by atoms with van der Waals surface area (Å²) in [6.45, 7) is 0. The summed E-state index contributed by atoms with van der Waals surface area (Å²) in [7, 11) is 0. The molecule has 0 amide bonds. The lowest BCUT2D eigenvalue weighted by molar-refractivity contribution is 0.448. The fourth-order valence-corrected chi connectivity index (χ4v) is 1.87. The van der Waals surface area contributed by atoms with Crippen LogP contribution in [-0.2, 0) is 0 Å². The van der Waals surface area contributed by atoms with Crippen molar-refractivity contribution in [2.24, 2.45) is 0 Å². The minimum absolute atomic E-state index is 0.00594. The second-order valence-electron chi connectivity index (χ2n) is 2.99. The smallest absolute Gasteiger partial charge is 0.238 e. The molecule has 2 rings (SSSR count). The van der Waals surface area contributed by atoms with Gasteiger partial charge in [-0.05, 0) is 28.1 Å². The third kappa shape index (κ3) is 3.06. The van der Waals surface area contributed by atoms with E-state index < -0.39 is 5.82 Å². The highest BCUT2D eigenvalue weighted by atomic mass is 79.9. The summed E-state index contributed by atoms with van der Waals surface area (Å²) in [6.07, 6.45) is 0. The second-order valence-corrected chi connectivity index (χ2v) is 4.64. The molecule has 2 aromatic rings. The molecular formula is C10H4BrCl2FN2O.